The molecule has 152 valence electrons. The van der Waals surface area contributed by atoms with E-state index in [-0.39, 0.29) is 17.9 Å². The summed E-state index contributed by atoms with van der Waals surface area (Å²) in [7, 11) is 3.13. The van der Waals surface area contributed by atoms with Gasteiger partial charge in [-0.05, 0) is 0 Å². The molecular formula is C16H21F2N7O3. The van der Waals surface area contributed by atoms with Crippen molar-refractivity contribution in [3.05, 3.63) is 30.1 Å². The van der Waals surface area contributed by atoms with Gasteiger partial charge in [0, 0.05) is 27.1 Å². The Morgan fingerprint density at radius 1 is 1.43 bits per heavy atom. The fourth-order valence-electron chi connectivity index (χ4n) is 3.07. The Bertz CT molecular complexity index is 851. The quantitative estimate of drug-likeness (QED) is 0.656. The van der Waals surface area contributed by atoms with E-state index in [9.17, 15) is 18.4 Å². The Balaban J connectivity index is 1.70. The van der Waals surface area contributed by atoms with Crippen molar-refractivity contribution < 1.29 is 23.1 Å². The standard InChI is InChI=1S/C16H21F2N7O3/c1-23-10-19-6-13(23)15(27)25-9-16(17,18)5-11(25)7-24-8-12(21-22-24)14(26)20-3-4-28-2/h6,8,10-11H,3-5,7,9H2,1-2H3,(H,20,26)/t11-/m0/s1. The van der Waals surface area contributed by atoms with Crippen molar-refractivity contribution in [1.29, 1.82) is 0 Å². The van der Waals surface area contributed by atoms with Gasteiger partial charge in [-0.3, -0.25) is 9.59 Å². The highest BCUT2D eigenvalue weighted by Crippen LogP contribution is 2.33. The molecule has 1 N–H and O–H groups in total. The predicted octanol–water partition coefficient (Wildman–Crippen LogP) is -0.0622. The van der Waals surface area contributed by atoms with Crippen LogP contribution >= 0.6 is 0 Å². The lowest BCUT2D eigenvalue weighted by atomic mass is 10.2. The second kappa shape index (κ2) is 8.00. The number of ether oxygens (including phenoxy) is 1. The molecule has 0 aliphatic carbocycles. The predicted molar refractivity (Wildman–Crippen MR) is 91.8 cm³/mol. The van der Waals surface area contributed by atoms with Crippen LogP contribution in [0.15, 0.2) is 18.7 Å². The smallest absolute Gasteiger partial charge is 0.273 e. The van der Waals surface area contributed by atoms with Gasteiger partial charge in [0.2, 0.25) is 0 Å². The summed E-state index contributed by atoms with van der Waals surface area (Å²) in [6.45, 7) is -0.0234. The minimum absolute atomic E-state index is 0.00245. The molecule has 1 aliphatic rings. The van der Waals surface area contributed by atoms with Gasteiger partial charge in [-0.1, -0.05) is 5.21 Å². The highest BCUT2D eigenvalue weighted by Gasteiger charge is 2.47. The summed E-state index contributed by atoms with van der Waals surface area (Å²) in [4.78, 5) is 29.6. The number of aromatic nitrogens is 5. The number of carbonyl (C=O) groups excluding carboxylic acids is 2. The van der Waals surface area contributed by atoms with E-state index in [1.54, 1.807) is 7.05 Å². The highest BCUT2D eigenvalue weighted by atomic mass is 19.3. The molecule has 0 unspecified atom stereocenters. The molecule has 1 saturated heterocycles. The number of methoxy groups -OCH3 is 1. The van der Waals surface area contributed by atoms with E-state index in [1.807, 2.05) is 0 Å². The van der Waals surface area contributed by atoms with Crippen LogP contribution in [0.2, 0.25) is 0 Å². The van der Waals surface area contributed by atoms with Gasteiger partial charge in [0.25, 0.3) is 17.7 Å². The summed E-state index contributed by atoms with van der Waals surface area (Å²) < 4.78 is 35.7. The molecule has 1 atom stereocenters. The second-order valence-electron chi connectivity index (χ2n) is 6.61. The van der Waals surface area contributed by atoms with Crippen LogP contribution in [0.3, 0.4) is 0 Å². The lowest BCUT2D eigenvalue weighted by Gasteiger charge is -2.23. The molecule has 28 heavy (non-hydrogen) atoms. The lowest BCUT2D eigenvalue weighted by Crippen LogP contribution is -2.39. The van der Waals surface area contributed by atoms with Crippen molar-refractivity contribution in [1.82, 2.24) is 34.8 Å². The van der Waals surface area contributed by atoms with Crippen molar-refractivity contribution in [2.45, 2.75) is 24.9 Å². The Morgan fingerprint density at radius 3 is 2.89 bits per heavy atom. The average molecular weight is 397 g/mol. The number of hydrogen-bond donors (Lipinski definition) is 1. The first-order valence-electron chi connectivity index (χ1n) is 8.63. The fraction of sp³-hybridized carbons (Fsp3) is 0.562. The van der Waals surface area contributed by atoms with Gasteiger partial charge in [-0.2, -0.15) is 0 Å². The molecule has 2 aromatic rings. The van der Waals surface area contributed by atoms with E-state index in [0.29, 0.717) is 13.2 Å². The average Bonchev–Trinajstić information content (AvgIpc) is 3.34. The number of imidazole rings is 1. The molecule has 2 amide bonds. The van der Waals surface area contributed by atoms with Crippen LogP contribution in [-0.4, -0.2) is 80.0 Å². The summed E-state index contributed by atoms with van der Waals surface area (Å²) in [5.74, 6) is -3.97. The van der Waals surface area contributed by atoms with Crippen molar-refractivity contribution in [2.24, 2.45) is 7.05 Å². The molecule has 0 bridgehead atoms. The van der Waals surface area contributed by atoms with Crippen molar-refractivity contribution in [3.8, 4) is 0 Å². The minimum Gasteiger partial charge on any atom is -0.383 e. The summed E-state index contributed by atoms with van der Waals surface area (Å²) >= 11 is 0. The molecule has 3 rings (SSSR count). The number of likely N-dealkylation sites (tertiary alicyclic amines) is 1. The monoisotopic (exact) mass is 397 g/mol. The maximum atomic E-state index is 14.0. The number of rotatable bonds is 7. The molecule has 2 aromatic heterocycles. The molecule has 0 saturated carbocycles. The van der Waals surface area contributed by atoms with Gasteiger partial charge < -0.3 is 19.5 Å². The maximum absolute atomic E-state index is 14.0. The Labute approximate surface area is 159 Å². The van der Waals surface area contributed by atoms with Gasteiger partial charge in [-0.15, -0.1) is 5.10 Å². The topological polar surface area (TPSA) is 107 Å². The molecule has 0 aromatic carbocycles. The maximum Gasteiger partial charge on any atom is 0.273 e. The third-order valence-electron chi connectivity index (χ3n) is 4.43. The molecular weight excluding hydrogens is 376 g/mol. The summed E-state index contributed by atoms with van der Waals surface area (Å²) in [6.07, 6.45) is 3.65. The van der Waals surface area contributed by atoms with Gasteiger partial charge in [0.05, 0.1) is 44.5 Å². The van der Waals surface area contributed by atoms with Crippen molar-refractivity contribution in [2.75, 3.05) is 26.8 Å². The zero-order chi connectivity index (χ0) is 20.3. The van der Waals surface area contributed by atoms with Crippen molar-refractivity contribution >= 4 is 11.8 Å². The second-order valence-corrected chi connectivity index (χ2v) is 6.61. The van der Waals surface area contributed by atoms with Crippen LogP contribution in [0.5, 0.6) is 0 Å². The third kappa shape index (κ3) is 4.32. The first-order valence-corrected chi connectivity index (χ1v) is 8.63. The number of carbonyl (C=O) groups is 2. The van der Waals surface area contributed by atoms with E-state index in [4.69, 9.17) is 4.74 Å². The summed E-state index contributed by atoms with van der Waals surface area (Å²) in [5.41, 5.74) is 0.282. The van der Waals surface area contributed by atoms with Gasteiger partial charge in [-0.25, -0.2) is 18.4 Å². The molecule has 1 fully saturated rings. The molecule has 0 radical (unpaired) electrons. The zero-order valence-corrected chi connectivity index (χ0v) is 15.5. The number of aryl methyl sites for hydroxylation is 1. The van der Waals surface area contributed by atoms with E-state index in [0.717, 1.165) is 4.90 Å². The summed E-state index contributed by atoms with van der Waals surface area (Å²) in [5, 5.41) is 10.2. The number of alkyl halides is 2. The molecule has 1 aliphatic heterocycles. The Morgan fingerprint density at radius 2 is 2.21 bits per heavy atom. The summed E-state index contributed by atoms with van der Waals surface area (Å²) in [6, 6.07) is -0.788. The SMILES string of the molecule is COCCNC(=O)c1cn(C[C@@H]2CC(F)(F)CN2C(=O)c2cncn2C)nn1. The first kappa shape index (κ1) is 19.9. The fourth-order valence-corrected chi connectivity index (χ4v) is 3.07. The Kier molecular flexibility index (Phi) is 5.68. The van der Waals surface area contributed by atoms with Crippen LogP contribution in [0.4, 0.5) is 8.78 Å². The highest BCUT2D eigenvalue weighted by molar-refractivity contribution is 5.93. The van der Waals surface area contributed by atoms with Crippen LogP contribution in [0.25, 0.3) is 0 Å². The molecule has 0 spiro atoms. The number of nitrogens with zero attached hydrogens (tertiary/aromatic N) is 6. The number of amides is 2. The number of hydrogen-bond acceptors (Lipinski definition) is 6. The van der Waals surface area contributed by atoms with Gasteiger partial charge >= 0.3 is 0 Å². The largest absolute Gasteiger partial charge is 0.383 e. The van der Waals surface area contributed by atoms with E-state index < -0.39 is 36.7 Å². The van der Waals surface area contributed by atoms with Crippen LogP contribution in [0, 0.1) is 0 Å². The normalized spacial score (nSPS) is 18.4. The van der Waals surface area contributed by atoms with E-state index in [1.165, 1.54) is 35.1 Å². The van der Waals surface area contributed by atoms with E-state index >= 15 is 0 Å². The lowest BCUT2D eigenvalue weighted by molar-refractivity contribution is 0.0116. The van der Waals surface area contributed by atoms with E-state index in [2.05, 4.69) is 20.6 Å². The van der Waals surface area contributed by atoms with Crippen LogP contribution in [-0.2, 0) is 18.3 Å². The van der Waals surface area contributed by atoms with Crippen LogP contribution in [0.1, 0.15) is 27.4 Å². The third-order valence-corrected chi connectivity index (χ3v) is 4.43. The minimum atomic E-state index is -3.00. The molecule has 3 heterocycles. The first-order chi connectivity index (χ1) is 13.3. The van der Waals surface area contributed by atoms with Crippen LogP contribution < -0.4 is 5.32 Å². The zero-order valence-electron chi connectivity index (χ0n) is 15.5. The van der Waals surface area contributed by atoms with Crippen molar-refractivity contribution in [3.63, 3.8) is 0 Å². The number of nitrogens with one attached hydrogen (secondary N) is 1. The Hall–Kier alpha value is -2.89. The number of halogens is 2. The van der Waals surface area contributed by atoms with Gasteiger partial charge in [0.15, 0.2) is 5.69 Å². The van der Waals surface area contributed by atoms with Gasteiger partial charge in [0.1, 0.15) is 5.69 Å². The molecule has 12 heteroatoms. The molecule has 10 nitrogen and oxygen atoms in total.